The van der Waals surface area contributed by atoms with Crippen LogP contribution in [0.1, 0.15) is 0 Å². The fraction of sp³-hybridized carbons (Fsp3) is 0.0526. The lowest BCUT2D eigenvalue weighted by Crippen LogP contribution is -2.02. The van der Waals surface area contributed by atoms with Crippen molar-refractivity contribution >= 4 is 17.5 Å². The van der Waals surface area contributed by atoms with Crippen molar-refractivity contribution in [1.82, 2.24) is 24.8 Å². The van der Waals surface area contributed by atoms with Gasteiger partial charge in [0.05, 0.1) is 0 Å². The molecular formula is C19H15N5S. The number of hydrogen-bond acceptors (Lipinski definition) is 5. The van der Waals surface area contributed by atoms with Crippen LogP contribution in [0.3, 0.4) is 0 Å². The molecule has 0 bridgehead atoms. The standard InChI is InChI=1S/C19H15N5S/c1-2-13-25-19-22-21-18-20-16(14-9-5-3-6-10-14)17(23-24(18)19)15-11-7-4-8-12-15/h2-12H,1,13H2. The van der Waals surface area contributed by atoms with Crippen LogP contribution in [0.5, 0.6) is 0 Å². The second-order valence-corrected chi connectivity index (χ2v) is 6.32. The summed E-state index contributed by atoms with van der Waals surface area (Å²) in [5, 5.41) is 13.9. The molecule has 2 aromatic heterocycles. The summed E-state index contributed by atoms with van der Waals surface area (Å²) in [5.41, 5.74) is 3.61. The predicted molar refractivity (Wildman–Crippen MR) is 100 cm³/mol. The normalized spacial score (nSPS) is 10.9. The molecule has 5 nitrogen and oxygen atoms in total. The molecule has 0 radical (unpaired) electrons. The van der Waals surface area contributed by atoms with E-state index in [1.54, 1.807) is 4.52 Å². The fourth-order valence-electron chi connectivity index (χ4n) is 2.53. The summed E-state index contributed by atoms with van der Waals surface area (Å²) in [4.78, 5) is 4.74. The number of hydrogen-bond donors (Lipinski definition) is 0. The largest absolute Gasteiger partial charge is 0.273 e. The van der Waals surface area contributed by atoms with Crippen LogP contribution < -0.4 is 0 Å². The third-order valence-corrected chi connectivity index (χ3v) is 4.57. The molecule has 0 saturated heterocycles. The van der Waals surface area contributed by atoms with Crippen LogP contribution in [-0.4, -0.2) is 30.5 Å². The Morgan fingerprint density at radius 3 is 2.16 bits per heavy atom. The summed E-state index contributed by atoms with van der Waals surface area (Å²) in [6.07, 6.45) is 1.83. The van der Waals surface area contributed by atoms with Gasteiger partial charge in [-0.15, -0.1) is 16.8 Å². The zero-order chi connectivity index (χ0) is 17.1. The number of rotatable bonds is 5. The van der Waals surface area contributed by atoms with Gasteiger partial charge < -0.3 is 0 Å². The van der Waals surface area contributed by atoms with Crippen LogP contribution in [0.4, 0.5) is 0 Å². The number of aromatic nitrogens is 5. The van der Waals surface area contributed by atoms with E-state index >= 15 is 0 Å². The summed E-state index contributed by atoms with van der Waals surface area (Å²) in [6, 6.07) is 20.1. The van der Waals surface area contributed by atoms with E-state index in [4.69, 9.17) is 10.1 Å². The van der Waals surface area contributed by atoms with Crippen LogP contribution in [0, 0.1) is 0 Å². The third kappa shape index (κ3) is 3.04. The minimum absolute atomic E-state index is 0.491. The van der Waals surface area contributed by atoms with Crippen molar-refractivity contribution in [2.75, 3.05) is 5.75 Å². The van der Waals surface area contributed by atoms with Crippen LogP contribution in [0.15, 0.2) is 78.5 Å². The first-order valence-corrected chi connectivity index (χ1v) is 8.83. The van der Waals surface area contributed by atoms with Gasteiger partial charge in [0, 0.05) is 16.9 Å². The average molecular weight is 345 g/mol. The van der Waals surface area contributed by atoms with Crippen molar-refractivity contribution in [3.63, 3.8) is 0 Å². The fourth-order valence-corrected chi connectivity index (χ4v) is 3.14. The van der Waals surface area contributed by atoms with Gasteiger partial charge in [-0.25, -0.2) is 4.98 Å². The van der Waals surface area contributed by atoms with E-state index in [0.29, 0.717) is 10.9 Å². The topological polar surface area (TPSA) is 56.0 Å². The van der Waals surface area contributed by atoms with Crippen molar-refractivity contribution in [1.29, 1.82) is 0 Å². The molecule has 2 aromatic carbocycles. The van der Waals surface area contributed by atoms with Gasteiger partial charge in [-0.2, -0.15) is 9.61 Å². The summed E-state index contributed by atoms with van der Waals surface area (Å²) >= 11 is 1.53. The molecule has 4 rings (SSSR count). The molecule has 0 saturated carbocycles. The molecule has 0 N–H and O–H groups in total. The van der Waals surface area contributed by atoms with E-state index in [1.807, 2.05) is 66.7 Å². The molecule has 0 aliphatic heterocycles. The van der Waals surface area contributed by atoms with E-state index in [-0.39, 0.29) is 0 Å². The zero-order valence-corrected chi connectivity index (χ0v) is 14.2. The number of thioether (sulfide) groups is 1. The first kappa shape index (κ1) is 15.5. The highest BCUT2D eigenvalue weighted by Crippen LogP contribution is 2.29. The predicted octanol–water partition coefficient (Wildman–Crippen LogP) is 4.13. The van der Waals surface area contributed by atoms with Gasteiger partial charge in [0.15, 0.2) is 0 Å². The van der Waals surface area contributed by atoms with Crippen LogP contribution in [-0.2, 0) is 0 Å². The lowest BCUT2D eigenvalue weighted by molar-refractivity contribution is 0.804. The first-order chi connectivity index (χ1) is 12.4. The van der Waals surface area contributed by atoms with E-state index in [1.165, 1.54) is 11.8 Å². The molecule has 6 heteroatoms. The summed E-state index contributed by atoms with van der Waals surface area (Å²) in [5.74, 6) is 1.23. The van der Waals surface area contributed by atoms with Crippen molar-refractivity contribution in [3.8, 4) is 22.5 Å². The number of fused-ring (bicyclic) bond motifs is 1. The Bertz CT molecular complexity index is 1010. The summed E-state index contributed by atoms with van der Waals surface area (Å²) < 4.78 is 1.70. The Balaban J connectivity index is 1.95. The maximum atomic E-state index is 4.81. The van der Waals surface area contributed by atoms with Gasteiger partial charge in [-0.05, 0) is 0 Å². The Kier molecular flexibility index (Phi) is 4.26. The molecule has 0 unspecified atom stereocenters. The van der Waals surface area contributed by atoms with Crippen molar-refractivity contribution in [2.24, 2.45) is 0 Å². The van der Waals surface area contributed by atoms with Gasteiger partial charge in [0.1, 0.15) is 11.4 Å². The van der Waals surface area contributed by atoms with Gasteiger partial charge in [-0.3, -0.25) is 0 Å². The lowest BCUT2D eigenvalue weighted by Gasteiger charge is -2.09. The van der Waals surface area contributed by atoms with E-state index < -0.39 is 0 Å². The van der Waals surface area contributed by atoms with E-state index in [2.05, 4.69) is 16.8 Å². The van der Waals surface area contributed by atoms with Crippen molar-refractivity contribution in [2.45, 2.75) is 5.16 Å². The quantitative estimate of drug-likeness (QED) is 0.402. The highest BCUT2D eigenvalue weighted by atomic mass is 32.2. The van der Waals surface area contributed by atoms with Gasteiger partial charge in [-0.1, -0.05) is 78.5 Å². The van der Waals surface area contributed by atoms with Crippen molar-refractivity contribution in [3.05, 3.63) is 73.3 Å². The molecule has 0 amide bonds. The second kappa shape index (κ2) is 6.86. The Hall–Kier alpha value is -2.99. The summed E-state index contributed by atoms with van der Waals surface area (Å²) in [6.45, 7) is 3.74. The molecule has 0 fully saturated rings. The van der Waals surface area contributed by atoms with Gasteiger partial charge in [0.25, 0.3) is 5.78 Å². The Labute approximate surface area is 149 Å². The maximum Gasteiger partial charge on any atom is 0.273 e. The molecule has 25 heavy (non-hydrogen) atoms. The molecule has 0 spiro atoms. The smallest absolute Gasteiger partial charge is 0.207 e. The SMILES string of the molecule is C=CCSc1nnc2nc(-c3ccccc3)c(-c3ccccc3)nn12. The van der Waals surface area contributed by atoms with Gasteiger partial charge in [0.2, 0.25) is 5.16 Å². The van der Waals surface area contributed by atoms with E-state index in [0.717, 1.165) is 28.3 Å². The molecule has 2 heterocycles. The number of nitrogens with zero attached hydrogens (tertiary/aromatic N) is 5. The van der Waals surface area contributed by atoms with Gasteiger partial charge >= 0.3 is 0 Å². The zero-order valence-electron chi connectivity index (χ0n) is 13.4. The average Bonchev–Trinajstić information content (AvgIpc) is 3.08. The molecule has 0 aliphatic carbocycles. The molecular weight excluding hydrogens is 330 g/mol. The van der Waals surface area contributed by atoms with E-state index in [9.17, 15) is 0 Å². The minimum Gasteiger partial charge on any atom is -0.207 e. The monoisotopic (exact) mass is 345 g/mol. The second-order valence-electron chi connectivity index (χ2n) is 5.34. The minimum atomic E-state index is 0.491. The third-order valence-electron chi connectivity index (χ3n) is 3.66. The van der Waals surface area contributed by atoms with Crippen molar-refractivity contribution < 1.29 is 0 Å². The molecule has 122 valence electrons. The molecule has 0 aliphatic rings. The molecule has 4 aromatic rings. The first-order valence-electron chi connectivity index (χ1n) is 7.85. The highest BCUT2D eigenvalue weighted by molar-refractivity contribution is 7.99. The van der Waals surface area contributed by atoms with Crippen LogP contribution in [0.2, 0.25) is 0 Å². The highest BCUT2D eigenvalue weighted by Gasteiger charge is 2.16. The Morgan fingerprint density at radius 2 is 1.52 bits per heavy atom. The summed E-state index contributed by atoms with van der Waals surface area (Å²) in [7, 11) is 0. The Morgan fingerprint density at radius 1 is 0.880 bits per heavy atom. The molecule has 0 atom stereocenters. The van der Waals surface area contributed by atoms with Crippen LogP contribution in [0.25, 0.3) is 28.3 Å². The number of benzene rings is 2. The van der Waals surface area contributed by atoms with Crippen LogP contribution >= 0.6 is 11.8 Å². The maximum absolute atomic E-state index is 4.81. The lowest BCUT2D eigenvalue weighted by atomic mass is 10.0.